The maximum atomic E-state index is 17.2. The van der Waals surface area contributed by atoms with Gasteiger partial charge >= 0.3 is 5.95 Å². The van der Waals surface area contributed by atoms with Gasteiger partial charge in [-0.25, -0.2) is 22.0 Å². The molecule has 250 valence electrons. The van der Waals surface area contributed by atoms with Gasteiger partial charge in [0, 0.05) is 23.9 Å². The Labute approximate surface area is 280 Å². The maximum Gasteiger partial charge on any atom is 0.302 e. The van der Waals surface area contributed by atoms with Crippen LogP contribution in [0.1, 0.15) is 31.7 Å². The molecule has 5 heterocycles. The molecule has 9 nitrogen and oxygen atoms in total. The van der Waals surface area contributed by atoms with Crippen LogP contribution in [0.4, 0.5) is 27.0 Å². The van der Waals surface area contributed by atoms with Crippen LogP contribution < -0.4 is 21.0 Å². The molecular formula is C32H27ClF5N7O2S. The molecule has 1 aromatic heterocycles. The van der Waals surface area contributed by atoms with Crippen LogP contribution in [0.15, 0.2) is 29.3 Å². The van der Waals surface area contributed by atoms with Gasteiger partial charge in [-0.05, 0) is 37.9 Å². The van der Waals surface area contributed by atoms with Gasteiger partial charge in [0.15, 0.2) is 11.6 Å². The second-order valence-corrected chi connectivity index (χ2v) is 13.6. The largest absolute Gasteiger partial charge is 0.462 e. The van der Waals surface area contributed by atoms with Crippen LogP contribution in [-0.2, 0) is 4.74 Å². The number of rotatable bonds is 7. The van der Waals surface area contributed by atoms with Gasteiger partial charge in [-0.3, -0.25) is 9.89 Å². The fourth-order valence-electron chi connectivity index (χ4n) is 7.32. The van der Waals surface area contributed by atoms with E-state index in [9.17, 15) is 28.1 Å². The number of benzene rings is 2. The Hall–Kier alpha value is -4.31. The molecule has 7 rings (SSSR count). The molecular weight excluding hydrogens is 677 g/mol. The molecule has 0 saturated carbocycles. The summed E-state index contributed by atoms with van der Waals surface area (Å²) in [5.41, 5.74) is 5.07. The maximum absolute atomic E-state index is 17.2. The van der Waals surface area contributed by atoms with Gasteiger partial charge < -0.3 is 25.0 Å². The van der Waals surface area contributed by atoms with Gasteiger partial charge in [0.25, 0.3) is 6.43 Å². The number of alkyl halides is 3. The van der Waals surface area contributed by atoms with Crippen LogP contribution in [0.2, 0.25) is 5.02 Å². The average Bonchev–Trinajstić information content (AvgIpc) is 3.64. The molecule has 0 aliphatic carbocycles. The standard InChI is InChI=1S/C32H27ClF5N7O2S/c1-15-42-27-24-28(26(38)23(25(27)33)17-3-4-19(35)29-22(17)18(10-40)30(41)48-29)47-21(13-43(12-20(36)37)31(24)45(15)8-6-39)46-14-32-5-2-7-44(32)11-16(34)9-32/h3-4,13,15-16,20H,2,5,7-9,11-12,14,41H2,1H3/t15?,16-,32+/m1/s1. The molecule has 1 unspecified atom stereocenters. The monoisotopic (exact) mass is 703 g/mol. The molecule has 2 N–H and O–H groups in total. The average molecular weight is 704 g/mol. The van der Waals surface area contributed by atoms with Crippen molar-refractivity contribution in [2.45, 2.75) is 50.5 Å². The van der Waals surface area contributed by atoms with Gasteiger partial charge in [-0.2, -0.15) is 10.5 Å². The zero-order chi connectivity index (χ0) is 34.1. The second-order valence-electron chi connectivity index (χ2n) is 12.1. The number of anilines is 1. The molecule has 4 aliphatic rings. The molecule has 2 fully saturated rings. The number of fused-ring (bicyclic) bond motifs is 2. The van der Waals surface area contributed by atoms with Crippen molar-refractivity contribution < 1.29 is 31.4 Å². The Morgan fingerprint density at radius 2 is 2.08 bits per heavy atom. The summed E-state index contributed by atoms with van der Waals surface area (Å²) in [6.45, 7) is 1.29. The molecule has 16 heteroatoms. The van der Waals surface area contributed by atoms with Crippen LogP contribution in [-0.4, -0.2) is 71.8 Å². The Bertz CT molecular complexity index is 2100. The first-order chi connectivity index (χ1) is 23.0. The Morgan fingerprint density at radius 3 is 2.81 bits per heavy atom. The van der Waals surface area contributed by atoms with E-state index >= 15 is 4.39 Å². The first kappa shape index (κ1) is 32.2. The number of thiophene rings is 1. The van der Waals surface area contributed by atoms with Crippen molar-refractivity contribution in [3.05, 3.63) is 57.1 Å². The van der Waals surface area contributed by atoms with Gasteiger partial charge in [-0.15, -0.1) is 11.3 Å². The Morgan fingerprint density at radius 1 is 1.29 bits per heavy atom. The predicted octanol–water partition coefficient (Wildman–Crippen LogP) is 5.18. The third-order valence-electron chi connectivity index (χ3n) is 9.33. The number of hydrogen-bond acceptors (Lipinski definition) is 10. The fraction of sp³-hybridized carbons (Fsp3) is 0.406. The Kier molecular flexibility index (Phi) is 8.05. The molecule has 3 atom stereocenters. The van der Waals surface area contributed by atoms with Crippen LogP contribution in [0, 0.1) is 34.3 Å². The van der Waals surface area contributed by atoms with Crippen molar-refractivity contribution in [3.63, 3.8) is 0 Å². The lowest BCUT2D eigenvalue weighted by atomic mass is 9.95. The highest BCUT2D eigenvalue weighted by atomic mass is 35.5. The minimum atomic E-state index is -2.88. The summed E-state index contributed by atoms with van der Waals surface area (Å²) in [4.78, 5) is 9.17. The lowest BCUT2D eigenvalue weighted by Crippen LogP contribution is -2.50. The second kappa shape index (κ2) is 12.0. The van der Waals surface area contributed by atoms with Crippen molar-refractivity contribution >= 4 is 43.8 Å². The van der Waals surface area contributed by atoms with Crippen molar-refractivity contribution in [2.24, 2.45) is 4.99 Å². The number of ether oxygens (including phenoxy) is 2. The highest BCUT2D eigenvalue weighted by Gasteiger charge is 2.49. The van der Waals surface area contributed by atoms with E-state index in [1.54, 1.807) is 6.92 Å². The summed E-state index contributed by atoms with van der Waals surface area (Å²) in [7, 11) is 0. The van der Waals surface area contributed by atoms with Gasteiger partial charge in [0.2, 0.25) is 0 Å². The van der Waals surface area contributed by atoms with Crippen LogP contribution in [0.25, 0.3) is 27.0 Å². The smallest absolute Gasteiger partial charge is 0.302 e. The van der Waals surface area contributed by atoms with E-state index in [1.807, 2.05) is 17.0 Å². The van der Waals surface area contributed by atoms with E-state index in [0.29, 0.717) is 13.0 Å². The number of nitrogens with zero attached hydrogens (tertiary/aromatic N) is 6. The summed E-state index contributed by atoms with van der Waals surface area (Å²) in [6, 6.07) is 6.32. The fourth-order valence-corrected chi connectivity index (χ4v) is 8.60. The van der Waals surface area contributed by atoms with E-state index in [0.717, 1.165) is 28.7 Å². The minimum absolute atomic E-state index is 0.00871. The van der Waals surface area contributed by atoms with Crippen LogP contribution in [0.5, 0.6) is 5.75 Å². The Balaban J connectivity index is 1.48. The molecule has 4 aliphatic heterocycles. The van der Waals surface area contributed by atoms with Gasteiger partial charge in [0.05, 0.1) is 50.2 Å². The summed E-state index contributed by atoms with van der Waals surface area (Å²) in [6.07, 6.45) is -1.94. The van der Waals surface area contributed by atoms with E-state index in [1.165, 1.54) is 17.2 Å². The highest BCUT2D eigenvalue weighted by Crippen LogP contribution is 2.45. The molecule has 2 saturated heterocycles. The third kappa shape index (κ3) is 4.98. The number of nitriles is 2. The van der Waals surface area contributed by atoms with Gasteiger partial charge in [-0.1, -0.05) is 17.7 Å². The van der Waals surface area contributed by atoms with E-state index in [4.69, 9.17) is 26.8 Å². The zero-order valence-electron chi connectivity index (χ0n) is 25.4. The first-order valence-corrected chi connectivity index (χ1v) is 16.3. The van der Waals surface area contributed by atoms with Crippen molar-refractivity contribution in [2.75, 3.05) is 38.5 Å². The van der Waals surface area contributed by atoms with Crippen LogP contribution >= 0.6 is 22.9 Å². The highest BCUT2D eigenvalue weighted by molar-refractivity contribution is 7.23. The SMILES string of the molecule is CC1N=c2c(Cl)c(-c3ccc(F)c4sc(N)c(C#N)c34)c(F)c3c2=C(N(CC(F)F)C=C(OC[C@@]24CCCN2C[C@H](F)C4)O3)N1CC#N. The number of hydrogen-bond donors (Lipinski definition) is 1. The topological polar surface area (TPSA) is 114 Å². The lowest BCUT2D eigenvalue weighted by molar-refractivity contribution is 0.0245. The summed E-state index contributed by atoms with van der Waals surface area (Å²) in [5.74, 6) is -2.60. The van der Waals surface area contributed by atoms with Gasteiger partial charge in [0.1, 0.15) is 48.2 Å². The lowest BCUT2D eigenvalue weighted by Gasteiger charge is -2.36. The van der Waals surface area contributed by atoms with E-state index < -0.39 is 48.2 Å². The minimum Gasteiger partial charge on any atom is -0.462 e. The van der Waals surface area contributed by atoms with E-state index in [2.05, 4.69) is 4.99 Å². The van der Waals surface area contributed by atoms with Crippen molar-refractivity contribution in [1.82, 2.24) is 14.7 Å². The molecule has 3 aromatic rings. The number of halogens is 6. The van der Waals surface area contributed by atoms with Crippen molar-refractivity contribution in [1.29, 1.82) is 10.5 Å². The summed E-state index contributed by atoms with van der Waals surface area (Å²) >= 11 is 7.76. The molecule has 0 bridgehead atoms. The number of nitrogens with two attached hydrogens (primary N) is 1. The molecule has 0 amide bonds. The normalized spacial score (nSPS) is 23.3. The summed E-state index contributed by atoms with van der Waals surface area (Å²) < 4.78 is 87.2. The first-order valence-electron chi connectivity index (χ1n) is 15.1. The predicted molar refractivity (Wildman–Crippen MR) is 168 cm³/mol. The van der Waals surface area contributed by atoms with E-state index in [-0.39, 0.29) is 85.3 Å². The number of nitrogen functional groups attached to an aromatic ring is 1. The molecule has 48 heavy (non-hydrogen) atoms. The molecule has 0 spiro atoms. The third-order valence-corrected chi connectivity index (χ3v) is 10.7. The quantitative estimate of drug-likeness (QED) is 0.265. The van der Waals surface area contributed by atoms with Crippen molar-refractivity contribution in [3.8, 4) is 29.0 Å². The molecule has 0 radical (unpaired) electrons. The summed E-state index contributed by atoms with van der Waals surface area (Å²) in [5, 5.41) is 19.3. The van der Waals surface area contributed by atoms with Crippen LogP contribution in [0.3, 0.4) is 0 Å². The molecule has 2 aromatic carbocycles. The zero-order valence-corrected chi connectivity index (χ0v) is 26.9.